The lowest BCUT2D eigenvalue weighted by Crippen LogP contribution is -2.35. The minimum absolute atomic E-state index is 0.338. The number of hydrogen-bond donors (Lipinski definition) is 2. The van der Waals surface area contributed by atoms with Crippen LogP contribution in [-0.4, -0.2) is 17.7 Å². The molecule has 3 N–H and O–H groups in total. The van der Waals surface area contributed by atoms with Gasteiger partial charge < -0.3 is 11.1 Å². The van der Waals surface area contributed by atoms with E-state index in [1.165, 1.54) is 6.07 Å². The Kier molecular flexibility index (Phi) is 6.07. The molecule has 0 aliphatic carbocycles. The van der Waals surface area contributed by atoms with Gasteiger partial charge in [-0.25, -0.2) is 0 Å². The van der Waals surface area contributed by atoms with E-state index in [1.807, 2.05) is 6.92 Å². The van der Waals surface area contributed by atoms with E-state index in [-0.39, 0.29) is 5.91 Å². The van der Waals surface area contributed by atoms with Gasteiger partial charge >= 0.3 is 0 Å². The van der Waals surface area contributed by atoms with Gasteiger partial charge in [0.2, 0.25) is 5.91 Å². The zero-order valence-electron chi connectivity index (χ0n) is 10.0. The second-order valence-electron chi connectivity index (χ2n) is 3.76. The number of alkyl halides is 2. The van der Waals surface area contributed by atoms with Crippen molar-refractivity contribution >= 4 is 23.4 Å². The normalized spacial score (nSPS) is 12.5. The van der Waals surface area contributed by atoms with E-state index in [9.17, 15) is 13.6 Å². The number of thioether (sulfide) groups is 1. The molecule has 100 valence electrons. The van der Waals surface area contributed by atoms with E-state index in [1.54, 1.807) is 18.2 Å². The van der Waals surface area contributed by atoms with E-state index in [4.69, 9.17) is 5.73 Å². The molecule has 0 aliphatic heterocycles. The molecule has 0 saturated heterocycles. The number of anilines is 1. The lowest BCUT2D eigenvalue weighted by Gasteiger charge is -2.13. The molecule has 3 nitrogen and oxygen atoms in total. The number of carbonyl (C=O) groups is 1. The Bertz CT molecular complexity index is 401. The van der Waals surface area contributed by atoms with Crippen molar-refractivity contribution in [1.82, 2.24) is 0 Å². The second kappa shape index (κ2) is 7.33. The third-order valence-electron chi connectivity index (χ3n) is 2.30. The molecule has 6 heteroatoms. The first-order chi connectivity index (χ1) is 8.54. The van der Waals surface area contributed by atoms with Crippen LogP contribution in [-0.2, 0) is 4.79 Å². The number of halogens is 2. The molecule has 18 heavy (non-hydrogen) atoms. The van der Waals surface area contributed by atoms with Crippen molar-refractivity contribution in [3.63, 3.8) is 0 Å². The highest BCUT2D eigenvalue weighted by Gasteiger charge is 2.15. The lowest BCUT2D eigenvalue weighted by atomic mass is 10.1. The second-order valence-corrected chi connectivity index (χ2v) is 4.79. The fourth-order valence-electron chi connectivity index (χ4n) is 1.44. The van der Waals surface area contributed by atoms with Gasteiger partial charge in [0, 0.05) is 4.90 Å². The first-order valence-electron chi connectivity index (χ1n) is 5.65. The van der Waals surface area contributed by atoms with Crippen LogP contribution in [0, 0.1) is 0 Å². The van der Waals surface area contributed by atoms with E-state index in [0.29, 0.717) is 28.8 Å². The average Bonchev–Trinajstić information content (AvgIpc) is 2.31. The summed E-state index contributed by atoms with van der Waals surface area (Å²) >= 11 is 0.403. The highest BCUT2D eigenvalue weighted by atomic mass is 32.2. The number of nitrogens with two attached hydrogens (primary N) is 1. The predicted molar refractivity (Wildman–Crippen MR) is 69.8 cm³/mol. The Morgan fingerprint density at radius 3 is 2.72 bits per heavy atom. The Labute approximate surface area is 109 Å². The highest BCUT2D eigenvalue weighted by molar-refractivity contribution is 7.99. The summed E-state index contributed by atoms with van der Waals surface area (Å²) in [5, 5.41) is 2.58. The van der Waals surface area contributed by atoms with Crippen LogP contribution in [0.2, 0.25) is 0 Å². The lowest BCUT2D eigenvalue weighted by molar-refractivity contribution is -0.117. The highest BCUT2D eigenvalue weighted by Crippen LogP contribution is 2.31. The molecule has 1 atom stereocenters. The Morgan fingerprint density at radius 2 is 2.11 bits per heavy atom. The topological polar surface area (TPSA) is 55.1 Å². The molecule has 0 radical (unpaired) electrons. The van der Waals surface area contributed by atoms with Gasteiger partial charge in [-0.3, -0.25) is 4.79 Å². The Hall–Kier alpha value is -1.14. The minimum atomic E-state index is -2.52. The summed E-state index contributed by atoms with van der Waals surface area (Å²) in [5.41, 5.74) is 6.03. The Morgan fingerprint density at radius 1 is 1.44 bits per heavy atom. The van der Waals surface area contributed by atoms with Crippen molar-refractivity contribution in [2.45, 2.75) is 36.5 Å². The summed E-state index contributed by atoms with van der Waals surface area (Å²) in [5.74, 6) is -2.87. The number of amides is 1. The summed E-state index contributed by atoms with van der Waals surface area (Å²) < 4.78 is 24.7. The fourth-order valence-corrected chi connectivity index (χ4v) is 2.03. The number of para-hydroxylation sites is 1. The molecule has 0 unspecified atom stereocenters. The maximum Gasteiger partial charge on any atom is 0.288 e. The number of rotatable bonds is 6. The first kappa shape index (κ1) is 14.9. The molecule has 1 aromatic rings. The van der Waals surface area contributed by atoms with E-state index in [0.717, 1.165) is 6.42 Å². The van der Waals surface area contributed by atoms with Crippen LogP contribution in [0.25, 0.3) is 0 Å². The van der Waals surface area contributed by atoms with Gasteiger partial charge in [0.15, 0.2) is 0 Å². The molecule has 0 saturated carbocycles. The molecular weight excluding hydrogens is 258 g/mol. The smallest absolute Gasteiger partial charge is 0.288 e. The van der Waals surface area contributed by atoms with Crippen molar-refractivity contribution < 1.29 is 13.6 Å². The summed E-state index contributed by atoms with van der Waals surface area (Å²) in [7, 11) is 0. The fraction of sp³-hybridized carbons (Fsp3) is 0.417. The SMILES string of the molecule is CCC[C@H](N)C(=O)Nc1ccccc1SC(F)F. The summed E-state index contributed by atoms with van der Waals surface area (Å²) in [6, 6.07) is 5.83. The van der Waals surface area contributed by atoms with Crippen molar-refractivity contribution in [2.24, 2.45) is 5.73 Å². The van der Waals surface area contributed by atoms with Crippen LogP contribution in [0.1, 0.15) is 19.8 Å². The molecule has 0 aromatic heterocycles. The molecule has 1 aromatic carbocycles. The zero-order valence-corrected chi connectivity index (χ0v) is 10.8. The van der Waals surface area contributed by atoms with E-state index >= 15 is 0 Å². The predicted octanol–water partition coefficient (Wildman–Crippen LogP) is 3.07. The molecule has 0 aliphatic rings. The zero-order chi connectivity index (χ0) is 13.5. The van der Waals surface area contributed by atoms with Gasteiger partial charge in [0.05, 0.1) is 11.7 Å². The first-order valence-corrected chi connectivity index (χ1v) is 6.52. The third-order valence-corrected chi connectivity index (χ3v) is 3.09. The molecule has 0 bridgehead atoms. The van der Waals surface area contributed by atoms with Crippen LogP contribution in [0.5, 0.6) is 0 Å². The maximum atomic E-state index is 12.3. The summed E-state index contributed by atoms with van der Waals surface area (Å²) in [4.78, 5) is 12.0. The largest absolute Gasteiger partial charge is 0.324 e. The summed E-state index contributed by atoms with van der Waals surface area (Å²) in [6.07, 6.45) is 1.36. The van der Waals surface area contributed by atoms with E-state index < -0.39 is 11.8 Å². The third kappa shape index (κ3) is 4.62. The van der Waals surface area contributed by atoms with Gasteiger partial charge in [-0.15, -0.1) is 0 Å². The van der Waals surface area contributed by atoms with Crippen molar-refractivity contribution in [2.75, 3.05) is 5.32 Å². The minimum Gasteiger partial charge on any atom is -0.324 e. The molecule has 0 spiro atoms. The number of nitrogens with one attached hydrogen (secondary N) is 1. The maximum absolute atomic E-state index is 12.3. The van der Waals surface area contributed by atoms with Crippen LogP contribution in [0.15, 0.2) is 29.2 Å². The van der Waals surface area contributed by atoms with Crippen LogP contribution in [0.4, 0.5) is 14.5 Å². The van der Waals surface area contributed by atoms with Crippen LogP contribution >= 0.6 is 11.8 Å². The standard InChI is InChI=1S/C12H16F2N2OS/c1-2-5-8(15)11(17)16-9-6-3-4-7-10(9)18-12(13)14/h3-4,6-8,12H,2,5,15H2,1H3,(H,16,17)/t8-/m0/s1. The molecule has 0 heterocycles. The van der Waals surface area contributed by atoms with Crippen LogP contribution in [0.3, 0.4) is 0 Å². The molecule has 1 amide bonds. The van der Waals surface area contributed by atoms with E-state index in [2.05, 4.69) is 5.32 Å². The molecule has 1 rings (SSSR count). The number of benzene rings is 1. The van der Waals surface area contributed by atoms with Crippen molar-refractivity contribution in [3.8, 4) is 0 Å². The van der Waals surface area contributed by atoms with Gasteiger partial charge in [0.25, 0.3) is 5.76 Å². The number of hydrogen-bond acceptors (Lipinski definition) is 3. The number of carbonyl (C=O) groups excluding carboxylic acids is 1. The van der Waals surface area contributed by atoms with Crippen LogP contribution < -0.4 is 11.1 Å². The average molecular weight is 274 g/mol. The van der Waals surface area contributed by atoms with Crippen molar-refractivity contribution in [1.29, 1.82) is 0 Å². The van der Waals surface area contributed by atoms with Gasteiger partial charge in [0.1, 0.15) is 0 Å². The molecular formula is C12H16F2N2OS. The van der Waals surface area contributed by atoms with Gasteiger partial charge in [-0.2, -0.15) is 8.78 Å². The van der Waals surface area contributed by atoms with Crippen molar-refractivity contribution in [3.05, 3.63) is 24.3 Å². The van der Waals surface area contributed by atoms with Gasteiger partial charge in [-0.1, -0.05) is 37.2 Å². The van der Waals surface area contributed by atoms with Gasteiger partial charge in [-0.05, 0) is 18.6 Å². The monoisotopic (exact) mass is 274 g/mol. The summed E-state index contributed by atoms with van der Waals surface area (Å²) in [6.45, 7) is 1.92. The Balaban J connectivity index is 2.74. The quantitative estimate of drug-likeness (QED) is 0.784. The molecule has 0 fully saturated rings.